The Balaban J connectivity index is 1.98. The Kier molecular flexibility index (Phi) is 24.5. The Bertz CT molecular complexity index is 3610. The molecule has 0 aromatic heterocycles. The molecule has 4 rings (SSSR count). The molecule has 110 heavy (non-hydrogen) atoms. The molecule has 0 atom stereocenters. The summed E-state index contributed by atoms with van der Waals surface area (Å²) in [7, 11) is 0. The van der Waals surface area contributed by atoms with Gasteiger partial charge in [-0.3, -0.25) is 9.69 Å². The number of carbonyl (C=O) groups is 1. The highest BCUT2D eigenvalue weighted by Crippen LogP contribution is 2.69. The van der Waals surface area contributed by atoms with E-state index in [4.69, 9.17) is 9.47 Å². The van der Waals surface area contributed by atoms with Crippen LogP contribution < -0.4 is 19.1 Å². The minimum absolute atomic E-state index is 0.154. The molecule has 56 heteroatoms. The zero-order valence-corrected chi connectivity index (χ0v) is 51.1. The molecular weight excluding hydrogens is 1700 g/mol. The second-order valence-electron chi connectivity index (χ2n) is 22.7. The van der Waals surface area contributed by atoms with Gasteiger partial charge >= 0.3 is 143 Å². The van der Waals surface area contributed by atoms with Gasteiger partial charge in [-0.1, -0.05) is 48.6 Å². The van der Waals surface area contributed by atoms with Gasteiger partial charge in [0.05, 0.1) is 31.2 Å². The molecule has 0 unspecified atom stereocenters. The van der Waals surface area contributed by atoms with E-state index in [1.807, 2.05) is 0 Å². The van der Waals surface area contributed by atoms with E-state index in [9.17, 15) is 202 Å². The molecule has 0 N–H and O–H groups in total. The molecule has 1 heterocycles. The minimum atomic E-state index is -9.27. The summed E-state index contributed by atoms with van der Waals surface area (Å²) in [5.74, 6) is -192. The fourth-order valence-electron chi connectivity index (χ4n) is 8.86. The topological polar surface area (TPSA) is 48.0 Å². The Morgan fingerprint density at radius 3 is 0.691 bits per heavy atom. The van der Waals surface area contributed by atoms with Crippen LogP contribution in [0.3, 0.4) is 0 Å². The van der Waals surface area contributed by atoms with Crippen LogP contribution in [0.15, 0.2) is 60.7 Å². The second kappa shape index (κ2) is 28.4. The van der Waals surface area contributed by atoms with E-state index in [0.717, 1.165) is 60.7 Å². The number of alkyl halides is 51. The molecule has 0 saturated carbocycles. The van der Waals surface area contributed by atoms with E-state index in [1.165, 1.54) is 0 Å². The van der Waals surface area contributed by atoms with Crippen LogP contribution in [0.4, 0.5) is 235 Å². The maximum absolute atomic E-state index is 15.1. The predicted octanol–water partition coefficient (Wildman–Crippen LogP) is 23.7. The number of ether oxygens (including phenoxy) is 3. The van der Waals surface area contributed by atoms with Crippen molar-refractivity contribution in [1.29, 1.82) is 0 Å². The van der Waals surface area contributed by atoms with Crippen molar-refractivity contribution < 1.29 is 243 Å². The van der Waals surface area contributed by atoms with Gasteiger partial charge in [-0.05, 0) is 54.7 Å². The van der Waals surface area contributed by atoms with Gasteiger partial charge in [0.25, 0.3) is 5.91 Å². The molecule has 0 radical (unpaired) electrons. The lowest BCUT2D eigenvalue weighted by Gasteiger charge is -2.42. The summed E-state index contributed by atoms with van der Waals surface area (Å²) in [5, 5.41) is 0. The summed E-state index contributed by atoms with van der Waals surface area (Å²) in [5.41, 5.74) is -2.75. The first-order valence-electron chi connectivity index (χ1n) is 27.8. The molecule has 0 bridgehead atoms. The smallest absolute Gasteiger partial charge is 0.460 e. The number of nitrogens with zero attached hydrogens (tertiary/aromatic N) is 1. The van der Waals surface area contributed by atoms with Crippen LogP contribution in [0.25, 0.3) is 12.2 Å². The summed E-state index contributed by atoms with van der Waals surface area (Å²) in [6.07, 6.45) is -41.0. The van der Waals surface area contributed by atoms with Crippen molar-refractivity contribution in [3.05, 3.63) is 77.4 Å². The van der Waals surface area contributed by atoms with Crippen LogP contribution in [0, 0.1) is 0 Å². The number of rotatable bonds is 34. The second-order valence-corrected chi connectivity index (χ2v) is 22.7. The molecule has 0 spiro atoms. The van der Waals surface area contributed by atoms with Crippen LogP contribution in [0.1, 0.15) is 60.0 Å². The molecule has 632 valence electrons. The lowest BCUT2D eigenvalue weighted by molar-refractivity contribution is -0.461. The summed E-state index contributed by atoms with van der Waals surface area (Å²) < 4.78 is 730. The van der Waals surface area contributed by atoms with Gasteiger partial charge < -0.3 is 14.2 Å². The first kappa shape index (κ1) is 95.1. The first-order chi connectivity index (χ1) is 48.4. The van der Waals surface area contributed by atoms with Gasteiger partial charge in [0.2, 0.25) is 5.75 Å². The SMILES string of the molecule is O=C(c1cc(OCCCC(F)(F)C(F)(F)C(F)(F)C(F)(F)C(F)(F)C(F)(F)C(F)(F)C(F)(F)F)c(OCCCC(F)(F)C(F)(F)C(F)(F)C(F)(F)C(F)(F)C(F)(F)C(F)(F)C(F)(F)F)c(OCCCC(F)(F)C(F)(F)C(F)(F)C(F)(F)C(F)(F)C(F)(F)C(F)(F)C(F)(F)F)c1)N1c2ccccc2C=Cc2ccccc21. The molecule has 0 saturated heterocycles. The quantitative estimate of drug-likeness (QED) is 0.0442. The Morgan fingerprint density at radius 2 is 0.464 bits per heavy atom. The van der Waals surface area contributed by atoms with Crippen molar-refractivity contribution in [3.63, 3.8) is 0 Å². The van der Waals surface area contributed by atoms with E-state index in [-0.39, 0.29) is 23.3 Å². The number of carbonyl (C=O) groups excluding carboxylic acids is 1. The molecule has 1 aliphatic heterocycles. The Hall–Kier alpha value is -7.30. The largest absolute Gasteiger partial charge is 0.490 e. The van der Waals surface area contributed by atoms with Crippen LogP contribution in [0.2, 0.25) is 0 Å². The lowest BCUT2D eigenvalue weighted by atomic mass is 9.88. The molecule has 1 aliphatic rings. The van der Waals surface area contributed by atoms with E-state index >= 15 is 26.3 Å². The van der Waals surface area contributed by atoms with Gasteiger partial charge in [0.1, 0.15) is 0 Å². The van der Waals surface area contributed by atoms with Crippen LogP contribution in [-0.4, -0.2) is 169 Å². The summed E-state index contributed by atoms with van der Waals surface area (Å²) in [4.78, 5) is 15.2. The van der Waals surface area contributed by atoms with Crippen molar-refractivity contribution >= 4 is 29.4 Å². The van der Waals surface area contributed by atoms with Crippen molar-refractivity contribution in [1.82, 2.24) is 0 Å². The van der Waals surface area contributed by atoms with Gasteiger partial charge in [0, 0.05) is 24.8 Å². The molecule has 3 aromatic carbocycles. The Morgan fingerprint density at radius 1 is 0.264 bits per heavy atom. The standard InChI is InChI=1S/C54H30F51NO4/c55-31(56,34(61,62)37(67,68)40(73,74)43(79,80)46(85,86)49(91,92)52(97,98)99)14-5-17-108-27-20-24(30(107)106-25-10-3-1-8-22(25)12-13-23-9-2-4-11-26(23)106)21-28(109-18-6-15-32(57,58)35(63,64)38(69,70)41(75,76)44(81,82)47(87,88)50(93,94)53(100,101)102)29(27)110-19-7-16-33(59,60)36(65,66)39(71,72)42(77,78)45(83,84)48(89,90)51(95,96)54(103,104)105/h1-4,8-13,20-21H,5-7,14-19H2. The van der Waals surface area contributed by atoms with E-state index in [2.05, 4.69) is 4.74 Å². The van der Waals surface area contributed by atoms with Crippen LogP contribution >= 0.6 is 0 Å². The van der Waals surface area contributed by atoms with E-state index in [0.29, 0.717) is 4.90 Å². The fraction of sp³-hybridized carbons (Fsp3) is 0.611. The Labute approximate surface area is 573 Å². The van der Waals surface area contributed by atoms with Crippen molar-refractivity contribution in [2.45, 2.75) is 181 Å². The number of para-hydroxylation sites is 2. The summed E-state index contributed by atoms with van der Waals surface area (Å²) in [6.45, 7) is -7.33. The molecular formula is C54H30F51NO4. The molecule has 5 nitrogen and oxygen atoms in total. The molecule has 1 amide bonds. The normalized spacial score (nSPS) is 15.9. The summed E-state index contributed by atoms with van der Waals surface area (Å²) >= 11 is 0. The molecule has 0 aliphatic carbocycles. The number of halogens is 51. The highest BCUT2D eigenvalue weighted by atomic mass is 19.5. The van der Waals surface area contributed by atoms with E-state index in [1.54, 1.807) is 0 Å². The van der Waals surface area contributed by atoms with Gasteiger partial charge in [-0.2, -0.15) is 224 Å². The predicted molar refractivity (Wildman–Crippen MR) is 261 cm³/mol. The average molecular weight is 1730 g/mol. The van der Waals surface area contributed by atoms with Gasteiger partial charge in [0.15, 0.2) is 11.5 Å². The number of anilines is 2. The molecule has 0 fully saturated rings. The monoisotopic (exact) mass is 1730 g/mol. The third kappa shape index (κ3) is 14.3. The van der Waals surface area contributed by atoms with Gasteiger partial charge in [-0.15, -0.1) is 0 Å². The van der Waals surface area contributed by atoms with Crippen molar-refractivity contribution in [3.8, 4) is 17.2 Å². The van der Waals surface area contributed by atoms with E-state index < -0.39 is 241 Å². The maximum atomic E-state index is 15.1. The zero-order chi connectivity index (χ0) is 86.7. The lowest BCUT2D eigenvalue weighted by Crippen LogP contribution is -2.74. The van der Waals surface area contributed by atoms with Crippen LogP contribution in [-0.2, 0) is 0 Å². The average Bonchev–Trinajstić information content (AvgIpc) is 0.736. The number of hydrogen-bond acceptors (Lipinski definition) is 4. The number of hydrogen-bond donors (Lipinski definition) is 0. The third-order valence-electron chi connectivity index (χ3n) is 15.3. The van der Waals surface area contributed by atoms with Crippen molar-refractivity contribution in [2.75, 3.05) is 24.7 Å². The number of fused-ring (bicyclic) bond motifs is 2. The highest BCUT2D eigenvalue weighted by Gasteiger charge is 2.98. The fourth-order valence-corrected chi connectivity index (χ4v) is 8.86. The molecule has 3 aromatic rings. The summed E-state index contributed by atoms with van der Waals surface area (Å²) in [6, 6.07) is 8.11. The third-order valence-corrected chi connectivity index (χ3v) is 15.3. The zero-order valence-electron chi connectivity index (χ0n) is 51.1. The number of amides is 1. The highest BCUT2D eigenvalue weighted by molar-refractivity contribution is 6.14. The van der Waals surface area contributed by atoms with Crippen LogP contribution in [0.5, 0.6) is 17.2 Å². The first-order valence-corrected chi connectivity index (χ1v) is 27.8. The van der Waals surface area contributed by atoms with Crippen molar-refractivity contribution in [2.24, 2.45) is 0 Å². The van der Waals surface area contributed by atoms with Gasteiger partial charge in [-0.25, -0.2) is 0 Å². The minimum Gasteiger partial charge on any atom is -0.490 e. The maximum Gasteiger partial charge on any atom is 0.460 e. The number of benzene rings is 3.